The number of hydrogen-bond acceptors (Lipinski definition) is 14. The Morgan fingerprint density at radius 2 is 1.15 bits per heavy atom. The van der Waals surface area contributed by atoms with E-state index in [4.69, 9.17) is 25.1 Å². The quantitative estimate of drug-likeness (QED) is 0.0462. The highest BCUT2D eigenvalue weighted by Gasteiger charge is 2.27. The summed E-state index contributed by atoms with van der Waals surface area (Å²) in [5.41, 5.74) is 14.4. The van der Waals surface area contributed by atoms with Crippen molar-refractivity contribution in [1.82, 2.24) is 23.8 Å². The van der Waals surface area contributed by atoms with E-state index in [2.05, 4.69) is 30.3 Å². The topological polar surface area (TPSA) is 297 Å². The summed E-state index contributed by atoms with van der Waals surface area (Å²) in [5, 5.41) is 24.9. The van der Waals surface area contributed by atoms with Crippen LogP contribution >= 0.6 is 22.6 Å². The van der Waals surface area contributed by atoms with Crippen LogP contribution in [0.1, 0.15) is 49.5 Å². The number of para-hydroxylation sites is 2. The van der Waals surface area contributed by atoms with Gasteiger partial charge in [-0.15, -0.1) is 0 Å². The lowest BCUT2D eigenvalue weighted by atomic mass is 9.99. The van der Waals surface area contributed by atoms with Gasteiger partial charge in [-0.1, -0.05) is 66.2 Å². The summed E-state index contributed by atoms with van der Waals surface area (Å²) in [6.07, 6.45) is 7.22. The number of aromatic carboxylic acids is 2. The number of methoxy groups -OCH3 is 4. The van der Waals surface area contributed by atoms with Crippen molar-refractivity contribution in [3.8, 4) is 56.0 Å². The number of pyridine rings is 2. The van der Waals surface area contributed by atoms with Crippen molar-refractivity contribution in [3.63, 3.8) is 0 Å². The molecule has 0 saturated carbocycles. The van der Waals surface area contributed by atoms with Gasteiger partial charge in [0.15, 0.2) is 5.65 Å². The molecule has 444 valence electrons. The Bertz CT molecular complexity index is 4390. The lowest BCUT2D eigenvalue weighted by Gasteiger charge is -2.19. The third-order valence-corrected chi connectivity index (χ3v) is 16.5. The number of rotatable bonds is 13. The van der Waals surface area contributed by atoms with Crippen LogP contribution in [0.4, 0.5) is 26.7 Å². The standard InChI is InChI=1S/C30H25N3O7S.C27H26N4O4.C7H6INO2/c1-18-8-11-21(12-9-18)41(37,38)33-17-25(22-6-4-5-7-27(22)39-2)23-15-20(16-31-28(23)33)19-10-13-26(32-30(36)40-3)24(14-19)29(34)35;1-34-24-8-4-3-7-19(24)22-16-29-25-20(22)14-18(15-28-25)17-9-10-23(30-27(33)35-2)21(13-17)26(32)31-11-5-6-12-31;8-4-1-2-6(9)5(3-4)7(10)11/h4-17H,1-3H3,(H,32,36)(H,34,35);3-4,7-10,13-16H,5-6,11-12H2,1-2H3,(H,28,29)(H,30,33);1-3H,9H2,(H,10,11). The molecule has 1 aliphatic rings. The SMILES string of the molecule is COC(=O)Nc1ccc(-c2cnc3[nH]cc(-c4ccccc4OC)c3c2)cc1C(=O)N1CCCC1.COC(=O)Nc1ccc(-c2cnc3c(c2)c(-c2ccccc2OC)cn3S(=O)(=O)c2ccc(C)cc2)cc1C(=O)O.Nc1ccc(I)cc1C(=O)O. The number of H-pyrrole nitrogens is 1. The number of nitrogens with zero attached hydrogens (tertiary/aromatic N) is 4. The Kier molecular flexibility index (Phi) is 18.8. The van der Waals surface area contributed by atoms with Crippen LogP contribution in [0.3, 0.4) is 0 Å². The van der Waals surface area contributed by atoms with Crippen molar-refractivity contribution in [2.45, 2.75) is 24.7 Å². The van der Waals surface area contributed by atoms with E-state index in [0.29, 0.717) is 63.4 Å². The van der Waals surface area contributed by atoms with E-state index < -0.39 is 34.1 Å². The van der Waals surface area contributed by atoms with Crippen molar-refractivity contribution in [1.29, 1.82) is 0 Å². The van der Waals surface area contributed by atoms with E-state index in [0.717, 1.165) is 65.0 Å². The second-order valence-electron chi connectivity index (χ2n) is 19.6. The molecule has 1 fully saturated rings. The van der Waals surface area contributed by atoms with Crippen LogP contribution in [0.2, 0.25) is 0 Å². The first-order valence-corrected chi connectivity index (χ1v) is 29.2. The number of benzene rings is 6. The molecule has 0 spiro atoms. The van der Waals surface area contributed by atoms with E-state index in [-0.39, 0.29) is 33.3 Å². The van der Waals surface area contributed by atoms with E-state index in [9.17, 15) is 37.5 Å². The summed E-state index contributed by atoms with van der Waals surface area (Å²) < 4.78 is 50.0. The molecule has 1 aliphatic heterocycles. The van der Waals surface area contributed by atoms with Crippen molar-refractivity contribution < 1.29 is 61.6 Å². The minimum absolute atomic E-state index is 0.0622. The normalized spacial score (nSPS) is 11.8. The van der Waals surface area contributed by atoms with Gasteiger partial charge in [-0.3, -0.25) is 15.4 Å². The summed E-state index contributed by atoms with van der Waals surface area (Å²) in [6, 6.07) is 40.2. The molecule has 5 heterocycles. The zero-order valence-corrected chi connectivity index (χ0v) is 50.4. The first kappa shape index (κ1) is 61.3. The Morgan fingerprint density at radius 1 is 0.609 bits per heavy atom. The molecule has 21 nitrogen and oxygen atoms in total. The highest BCUT2D eigenvalue weighted by atomic mass is 127. The van der Waals surface area contributed by atoms with Gasteiger partial charge in [-0.25, -0.2) is 41.5 Å². The number of aromatic nitrogens is 4. The van der Waals surface area contributed by atoms with Gasteiger partial charge < -0.3 is 44.8 Å². The molecule has 10 aromatic rings. The van der Waals surface area contributed by atoms with Gasteiger partial charge in [0, 0.05) is 91.3 Å². The monoisotopic (exact) mass is 1300 g/mol. The van der Waals surface area contributed by atoms with Crippen molar-refractivity contribution >= 4 is 102 Å². The molecule has 0 radical (unpaired) electrons. The van der Waals surface area contributed by atoms with Crippen LogP contribution in [0, 0.1) is 10.5 Å². The van der Waals surface area contributed by atoms with E-state index in [1.54, 1.807) is 74.0 Å². The minimum Gasteiger partial charge on any atom is -0.496 e. The number of anilines is 3. The number of aryl methyl sites for hydroxylation is 1. The van der Waals surface area contributed by atoms with Crippen LogP contribution in [-0.4, -0.2) is 114 Å². The largest absolute Gasteiger partial charge is 0.496 e. The Hall–Kier alpha value is -10.3. The van der Waals surface area contributed by atoms with Gasteiger partial charge in [0.2, 0.25) is 0 Å². The van der Waals surface area contributed by atoms with Gasteiger partial charge in [-0.2, -0.15) is 0 Å². The predicted octanol–water partition coefficient (Wildman–Crippen LogP) is 12.7. The minimum atomic E-state index is -4.02. The van der Waals surface area contributed by atoms with Gasteiger partial charge in [0.05, 0.1) is 61.4 Å². The second-order valence-corrected chi connectivity index (χ2v) is 22.6. The number of carbonyl (C=O) groups is 5. The highest BCUT2D eigenvalue weighted by Crippen LogP contribution is 2.40. The molecule has 0 unspecified atom stereocenters. The number of nitrogens with one attached hydrogen (secondary N) is 3. The number of amides is 3. The fourth-order valence-corrected chi connectivity index (χ4v) is 11.5. The van der Waals surface area contributed by atoms with Gasteiger partial charge in [0.1, 0.15) is 17.1 Å². The summed E-state index contributed by atoms with van der Waals surface area (Å²) in [4.78, 5) is 73.6. The maximum atomic E-state index is 13.8. The number of carboxylic acid groups (broad SMARTS) is 2. The highest BCUT2D eigenvalue weighted by molar-refractivity contribution is 14.1. The summed E-state index contributed by atoms with van der Waals surface area (Å²) in [7, 11) is 1.63. The van der Waals surface area contributed by atoms with Crippen molar-refractivity contribution in [2.75, 3.05) is 57.9 Å². The summed E-state index contributed by atoms with van der Waals surface area (Å²) in [5.74, 6) is -1.04. The van der Waals surface area contributed by atoms with E-state index in [1.807, 2.05) is 101 Å². The Labute approximate surface area is 512 Å². The lowest BCUT2D eigenvalue weighted by Crippen LogP contribution is -2.29. The first-order valence-electron chi connectivity index (χ1n) is 26.7. The average Bonchev–Trinajstić information content (AvgIpc) is 1.67. The van der Waals surface area contributed by atoms with Crippen LogP contribution in [-0.2, 0) is 19.5 Å². The Balaban J connectivity index is 0.000000178. The molecule has 0 aliphatic carbocycles. The number of nitrogen functional groups attached to an aromatic ring is 1. The molecule has 87 heavy (non-hydrogen) atoms. The van der Waals surface area contributed by atoms with Gasteiger partial charge >= 0.3 is 24.1 Å². The molecule has 7 N–H and O–H groups in total. The third-order valence-electron chi connectivity index (χ3n) is 14.2. The number of hydrogen-bond donors (Lipinski definition) is 6. The zero-order valence-electron chi connectivity index (χ0n) is 47.5. The van der Waals surface area contributed by atoms with Crippen molar-refractivity contribution in [2.24, 2.45) is 0 Å². The summed E-state index contributed by atoms with van der Waals surface area (Å²) in [6.45, 7) is 3.29. The number of fused-ring (bicyclic) bond motifs is 2. The van der Waals surface area contributed by atoms with Crippen LogP contribution < -0.4 is 25.8 Å². The summed E-state index contributed by atoms with van der Waals surface area (Å²) >= 11 is 2.04. The molecule has 6 aromatic carbocycles. The molecule has 3 amide bonds. The van der Waals surface area contributed by atoms with Crippen LogP contribution in [0.15, 0.2) is 169 Å². The van der Waals surface area contributed by atoms with Crippen LogP contribution in [0.5, 0.6) is 11.5 Å². The van der Waals surface area contributed by atoms with E-state index >= 15 is 0 Å². The smallest absolute Gasteiger partial charge is 0.411 e. The van der Waals surface area contributed by atoms with Crippen molar-refractivity contribution in [3.05, 3.63) is 190 Å². The number of aromatic amines is 1. The molecule has 23 heteroatoms. The third kappa shape index (κ3) is 13.5. The number of nitrogens with two attached hydrogens (primary N) is 1. The second kappa shape index (κ2) is 26.8. The molecule has 11 rings (SSSR count). The van der Waals surface area contributed by atoms with Gasteiger partial charge in [0.25, 0.3) is 15.9 Å². The number of carbonyl (C=O) groups excluding carboxylic acids is 3. The zero-order chi connectivity index (χ0) is 62.1. The number of halogens is 1. The van der Waals surface area contributed by atoms with Gasteiger partial charge in [-0.05, 0) is 132 Å². The maximum Gasteiger partial charge on any atom is 0.411 e. The number of carboxylic acids is 2. The molecular formula is C64H57IN8O13S. The number of likely N-dealkylation sites (tertiary alicyclic amines) is 1. The molecule has 1 saturated heterocycles. The first-order chi connectivity index (χ1) is 41.8. The lowest BCUT2D eigenvalue weighted by molar-refractivity contribution is 0.0687. The molecule has 0 bridgehead atoms. The Morgan fingerprint density at radius 3 is 1.71 bits per heavy atom. The molecule has 4 aromatic heterocycles. The van der Waals surface area contributed by atoms with E-state index in [1.165, 1.54) is 51.9 Å². The maximum absolute atomic E-state index is 13.8. The molecule has 0 atom stereocenters. The average molecular weight is 1310 g/mol. The predicted molar refractivity (Wildman–Crippen MR) is 339 cm³/mol. The van der Waals surface area contributed by atoms with Crippen LogP contribution in [0.25, 0.3) is 66.6 Å². The molecular weight excluding hydrogens is 1250 g/mol. The fraction of sp³-hybridized carbons (Fsp3) is 0.141. The number of ether oxygens (including phenoxy) is 4. The fourth-order valence-electron chi connectivity index (χ4n) is 9.72.